The Balaban J connectivity index is 1.39. The Morgan fingerprint density at radius 2 is 1.85 bits per heavy atom. The highest BCUT2D eigenvalue weighted by atomic mass is 16.5. The van der Waals surface area contributed by atoms with E-state index in [4.69, 9.17) is 10.5 Å². The van der Waals surface area contributed by atoms with Gasteiger partial charge >= 0.3 is 0 Å². The second-order valence-electron chi connectivity index (χ2n) is 6.97. The molecular weight excluding hydrogens is 322 g/mol. The molecule has 1 fully saturated rings. The molecule has 2 aromatic rings. The second-order valence-corrected chi connectivity index (χ2v) is 6.97. The summed E-state index contributed by atoms with van der Waals surface area (Å²) in [5, 5.41) is 3.68. The summed E-state index contributed by atoms with van der Waals surface area (Å²) in [7, 11) is 0. The third-order valence-electron chi connectivity index (χ3n) is 5.07. The molecule has 4 heteroatoms. The Bertz CT molecular complexity index is 644. The van der Waals surface area contributed by atoms with Crippen LogP contribution in [0, 0.1) is 0 Å². The highest BCUT2D eigenvalue weighted by Crippen LogP contribution is 2.41. The third-order valence-corrected chi connectivity index (χ3v) is 5.07. The van der Waals surface area contributed by atoms with E-state index in [1.807, 2.05) is 18.2 Å². The number of hydrogen-bond donors (Lipinski definition) is 2. The minimum Gasteiger partial charge on any atom is -0.489 e. The van der Waals surface area contributed by atoms with Gasteiger partial charge in [-0.25, -0.2) is 0 Å². The third kappa shape index (κ3) is 5.56. The average molecular weight is 354 g/mol. The summed E-state index contributed by atoms with van der Waals surface area (Å²) in [5.74, 6) is 1.57. The van der Waals surface area contributed by atoms with Crippen LogP contribution in [0.5, 0.6) is 5.75 Å². The molecule has 0 bridgehead atoms. The standard InChI is InChI=1S/C22H31N3O/c1-2-25(14-12-23)15-13-24-22-16-21(22)19-8-10-20(11-9-19)26-17-18-6-4-3-5-7-18/h3-11,21-22,24H,2,12-17,23H2,1H3. The predicted octanol–water partition coefficient (Wildman–Crippen LogP) is 2.99. The van der Waals surface area contributed by atoms with Crippen LogP contribution in [0.25, 0.3) is 0 Å². The van der Waals surface area contributed by atoms with Gasteiger partial charge in [0.15, 0.2) is 0 Å². The highest BCUT2D eigenvalue weighted by Gasteiger charge is 2.37. The van der Waals surface area contributed by atoms with Gasteiger partial charge in [0, 0.05) is 38.1 Å². The van der Waals surface area contributed by atoms with Crippen LogP contribution < -0.4 is 15.8 Å². The quantitative estimate of drug-likeness (QED) is 0.652. The van der Waals surface area contributed by atoms with E-state index in [0.29, 0.717) is 18.6 Å². The Labute approximate surface area is 157 Å². The Morgan fingerprint density at radius 1 is 1.08 bits per heavy atom. The molecule has 3 N–H and O–H groups in total. The molecule has 2 aromatic carbocycles. The molecule has 26 heavy (non-hydrogen) atoms. The lowest BCUT2D eigenvalue weighted by molar-refractivity contribution is 0.294. The summed E-state index contributed by atoms with van der Waals surface area (Å²) < 4.78 is 5.87. The first kappa shape index (κ1) is 18.9. The highest BCUT2D eigenvalue weighted by molar-refractivity contribution is 5.34. The summed E-state index contributed by atoms with van der Waals surface area (Å²) in [4.78, 5) is 2.39. The molecule has 140 valence electrons. The first-order chi connectivity index (χ1) is 12.8. The second kappa shape index (κ2) is 9.72. The molecule has 0 spiro atoms. The van der Waals surface area contributed by atoms with E-state index in [9.17, 15) is 0 Å². The van der Waals surface area contributed by atoms with Crippen molar-refractivity contribution in [3.8, 4) is 5.75 Å². The number of hydrogen-bond acceptors (Lipinski definition) is 4. The van der Waals surface area contributed by atoms with E-state index in [-0.39, 0.29) is 0 Å². The van der Waals surface area contributed by atoms with E-state index in [0.717, 1.165) is 38.5 Å². The van der Waals surface area contributed by atoms with E-state index in [1.54, 1.807) is 0 Å². The van der Waals surface area contributed by atoms with Gasteiger partial charge < -0.3 is 20.7 Å². The molecule has 0 amide bonds. The van der Waals surface area contributed by atoms with Crippen LogP contribution >= 0.6 is 0 Å². The van der Waals surface area contributed by atoms with Crippen molar-refractivity contribution in [2.24, 2.45) is 5.73 Å². The first-order valence-electron chi connectivity index (χ1n) is 9.72. The molecule has 0 aliphatic heterocycles. The number of nitrogens with two attached hydrogens (primary N) is 1. The Hall–Kier alpha value is -1.88. The van der Waals surface area contributed by atoms with Crippen LogP contribution in [0.2, 0.25) is 0 Å². The molecule has 3 rings (SSSR count). The van der Waals surface area contributed by atoms with Crippen LogP contribution in [-0.2, 0) is 6.61 Å². The maximum absolute atomic E-state index is 5.87. The van der Waals surface area contributed by atoms with Crippen LogP contribution in [0.15, 0.2) is 54.6 Å². The largest absolute Gasteiger partial charge is 0.489 e. The van der Waals surface area contributed by atoms with Gasteiger partial charge in [-0.1, -0.05) is 49.4 Å². The molecule has 1 aliphatic rings. The molecule has 4 nitrogen and oxygen atoms in total. The van der Waals surface area contributed by atoms with Crippen molar-refractivity contribution in [2.75, 3.05) is 32.7 Å². The van der Waals surface area contributed by atoms with E-state index >= 15 is 0 Å². The van der Waals surface area contributed by atoms with E-state index in [1.165, 1.54) is 17.5 Å². The monoisotopic (exact) mass is 353 g/mol. The average Bonchev–Trinajstić information content (AvgIpc) is 3.46. The number of nitrogens with one attached hydrogen (secondary N) is 1. The van der Waals surface area contributed by atoms with Gasteiger partial charge in [-0.15, -0.1) is 0 Å². The van der Waals surface area contributed by atoms with Gasteiger partial charge in [0.2, 0.25) is 0 Å². The van der Waals surface area contributed by atoms with Crippen molar-refractivity contribution in [3.05, 3.63) is 65.7 Å². The predicted molar refractivity (Wildman–Crippen MR) is 108 cm³/mol. The Kier molecular flexibility index (Phi) is 7.06. The zero-order chi connectivity index (χ0) is 18.2. The van der Waals surface area contributed by atoms with E-state index < -0.39 is 0 Å². The minimum absolute atomic E-state index is 0.614. The molecular formula is C22H31N3O. The van der Waals surface area contributed by atoms with Crippen molar-refractivity contribution in [3.63, 3.8) is 0 Å². The summed E-state index contributed by atoms with van der Waals surface area (Å²) in [6, 6.07) is 19.5. The lowest BCUT2D eigenvalue weighted by atomic mass is 10.1. The summed E-state index contributed by atoms with van der Waals surface area (Å²) >= 11 is 0. The van der Waals surface area contributed by atoms with Gasteiger partial charge in [-0.3, -0.25) is 0 Å². The van der Waals surface area contributed by atoms with Gasteiger partial charge in [0.05, 0.1) is 0 Å². The molecule has 1 saturated carbocycles. The molecule has 1 aliphatic carbocycles. The summed E-state index contributed by atoms with van der Waals surface area (Å²) in [6.07, 6.45) is 1.23. The fraction of sp³-hybridized carbons (Fsp3) is 0.455. The number of rotatable bonds is 11. The lowest BCUT2D eigenvalue weighted by Crippen LogP contribution is -2.36. The fourth-order valence-corrected chi connectivity index (χ4v) is 3.36. The van der Waals surface area contributed by atoms with Gasteiger partial charge in [-0.05, 0) is 36.2 Å². The van der Waals surface area contributed by atoms with Crippen molar-refractivity contribution < 1.29 is 4.74 Å². The smallest absolute Gasteiger partial charge is 0.119 e. The molecule has 0 aromatic heterocycles. The summed E-state index contributed by atoms with van der Waals surface area (Å²) in [5.41, 5.74) is 8.24. The number of nitrogens with zero attached hydrogens (tertiary/aromatic N) is 1. The molecule has 0 saturated heterocycles. The normalized spacial score (nSPS) is 18.9. The van der Waals surface area contributed by atoms with Gasteiger partial charge in [0.1, 0.15) is 12.4 Å². The molecule has 2 unspecified atom stereocenters. The molecule has 2 atom stereocenters. The van der Waals surface area contributed by atoms with Gasteiger partial charge in [0.25, 0.3) is 0 Å². The Morgan fingerprint density at radius 3 is 2.54 bits per heavy atom. The zero-order valence-electron chi connectivity index (χ0n) is 15.7. The van der Waals surface area contributed by atoms with Crippen molar-refractivity contribution in [1.29, 1.82) is 0 Å². The minimum atomic E-state index is 0.614. The van der Waals surface area contributed by atoms with E-state index in [2.05, 4.69) is 53.5 Å². The summed E-state index contributed by atoms with van der Waals surface area (Å²) in [6.45, 7) is 7.70. The SMILES string of the molecule is CCN(CCN)CCNC1CC1c1ccc(OCc2ccccc2)cc1. The maximum atomic E-state index is 5.87. The molecule has 0 heterocycles. The number of benzene rings is 2. The zero-order valence-corrected chi connectivity index (χ0v) is 15.7. The first-order valence-corrected chi connectivity index (χ1v) is 9.72. The topological polar surface area (TPSA) is 50.5 Å². The lowest BCUT2D eigenvalue weighted by Gasteiger charge is -2.19. The van der Waals surface area contributed by atoms with Crippen LogP contribution in [0.1, 0.15) is 30.4 Å². The van der Waals surface area contributed by atoms with Gasteiger partial charge in [-0.2, -0.15) is 0 Å². The number of likely N-dealkylation sites (N-methyl/N-ethyl adjacent to an activating group) is 1. The van der Waals surface area contributed by atoms with Crippen molar-refractivity contribution in [1.82, 2.24) is 10.2 Å². The van der Waals surface area contributed by atoms with Crippen LogP contribution in [0.3, 0.4) is 0 Å². The van der Waals surface area contributed by atoms with Crippen LogP contribution in [0.4, 0.5) is 0 Å². The fourth-order valence-electron chi connectivity index (χ4n) is 3.36. The number of ether oxygens (including phenoxy) is 1. The molecule has 0 radical (unpaired) electrons. The van der Waals surface area contributed by atoms with Crippen LogP contribution in [-0.4, -0.2) is 43.7 Å². The van der Waals surface area contributed by atoms with Crippen molar-refractivity contribution >= 4 is 0 Å². The van der Waals surface area contributed by atoms with Crippen molar-refractivity contribution in [2.45, 2.75) is 31.9 Å². The maximum Gasteiger partial charge on any atom is 0.119 e.